The highest BCUT2D eigenvalue weighted by atomic mass is 35.5. The summed E-state index contributed by atoms with van der Waals surface area (Å²) >= 11 is 5.85. The molecule has 170 valence electrons. The average molecular weight is 466 g/mol. The van der Waals surface area contributed by atoms with Crippen molar-refractivity contribution in [1.82, 2.24) is 14.9 Å². The first kappa shape index (κ1) is 23.1. The molecule has 1 aliphatic rings. The van der Waals surface area contributed by atoms with E-state index in [1.807, 2.05) is 37.4 Å². The van der Waals surface area contributed by atoms with Gasteiger partial charge in [0, 0.05) is 60.4 Å². The van der Waals surface area contributed by atoms with Gasteiger partial charge >= 0.3 is 5.97 Å². The Morgan fingerprint density at radius 2 is 2.03 bits per heavy atom. The number of halogens is 2. The van der Waals surface area contributed by atoms with Gasteiger partial charge in [0.2, 0.25) is 0 Å². The largest absolute Gasteiger partial charge is 0.481 e. The van der Waals surface area contributed by atoms with Gasteiger partial charge in [0.15, 0.2) is 5.82 Å². The number of carboxylic acids is 1. The molecule has 0 aliphatic carbocycles. The molecule has 7 heteroatoms. The maximum Gasteiger partial charge on any atom is 0.303 e. The molecule has 1 unspecified atom stereocenters. The Morgan fingerprint density at radius 1 is 1.27 bits per heavy atom. The SMILES string of the molecule is C=C(c1ccc(-c2ncc3c(n2)CCN(CC(C)CC(=O)O)C3)cc1)c1ccc(Cl)cc1F. The highest BCUT2D eigenvalue weighted by Crippen LogP contribution is 2.28. The van der Waals surface area contributed by atoms with Gasteiger partial charge in [-0.2, -0.15) is 0 Å². The number of hydrogen-bond acceptors (Lipinski definition) is 4. The minimum atomic E-state index is -0.763. The van der Waals surface area contributed by atoms with Crippen LogP contribution in [0.25, 0.3) is 17.0 Å². The zero-order valence-electron chi connectivity index (χ0n) is 18.4. The molecular weight excluding hydrogens is 441 g/mol. The van der Waals surface area contributed by atoms with Gasteiger partial charge in [0.05, 0.1) is 5.69 Å². The second-order valence-electron chi connectivity index (χ2n) is 8.53. The molecule has 2 aromatic carbocycles. The van der Waals surface area contributed by atoms with Crippen LogP contribution in [0.2, 0.25) is 5.02 Å². The van der Waals surface area contributed by atoms with Gasteiger partial charge in [0.25, 0.3) is 0 Å². The normalized spacial score (nSPS) is 14.5. The zero-order valence-corrected chi connectivity index (χ0v) is 19.1. The van der Waals surface area contributed by atoms with Gasteiger partial charge in [-0.1, -0.05) is 49.4 Å². The monoisotopic (exact) mass is 465 g/mol. The fourth-order valence-corrected chi connectivity index (χ4v) is 4.34. The van der Waals surface area contributed by atoms with Gasteiger partial charge < -0.3 is 5.11 Å². The summed E-state index contributed by atoms with van der Waals surface area (Å²) in [7, 11) is 0. The number of benzene rings is 2. The summed E-state index contributed by atoms with van der Waals surface area (Å²) in [5, 5.41) is 9.32. The van der Waals surface area contributed by atoms with Crippen LogP contribution in [-0.4, -0.2) is 39.0 Å². The van der Waals surface area contributed by atoms with Crippen molar-refractivity contribution >= 4 is 23.1 Å². The molecule has 1 N–H and O–H groups in total. The molecular formula is C26H25ClFN3O2. The first-order valence-corrected chi connectivity index (χ1v) is 11.2. The second-order valence-corrected chi connectivity index (χ2v) is 8.97. The summed E-state index contributed by atoms with van der Waals surface area (Å²) < 4.78 is 14.2. The standard InChI is InChI=1S/C26H25ClFN3O2/c1-16(11-25(32)33)14-31-10-9-24-20(15-31)13-29-26(30-24)19-5-3-18(4-6-19)17(2)22-8-7-21(27)12-23(22)28/h3-8,12-13,16H,2,9-11,14-15H2,1H3,(H,32,33). The van der Waals surface area contributed by atoms with E-state index in [2.05, 4.69) is 16.5 Å². The van der Waals surface area contributed by atoms with Gasteiger partial charge in [-0.15, -0.1) is 0 Å². The van der Waals surface area contributed by atoms with E-state index < -0.39 is 11.8 Å². The van der Waals surface area contributed by atoms with Gasteiger partial charge in [-0.25, -0.2) is 14.4 Å². The van der Waals surface area contributed by atoms with Gasteiger partial charge in [-0.05, 0) is 35.3 Å². The summed E-state index contributed by atoms with van der Waals surface area (Å²) in [4.78, 5) is 22.5. The van der Waals surface area contributed by atoms with Crippen molar-refractivity contribution in [3.8, 4) is 11.4 Å². The second kappa shape index (κ2) is 9.81. The molecule has 0 amide bonds. The minimum absolute atomic E-state index is 0.0962. The van der Waals surface area contributed by atoms with Crippen molar-refractivity contribution in [2.24, 2.45) is 5.92 Å². The van der Waals surface area contributed by atoms with Crippen molar-refractivity contribution in [2.75, 3.05) is 13.1 Å². The first-order chi connectivity index (χ1) is 15.8. The highest BCUT2D eigenvalue weighted by Gasteiger charge is 2.21. The molecule has 33 heavy (non-hydrogen) atoms. The fraction of sp³-hybridized carbons (Fsp3) is 0.269. The first-order valence-electron chi connectivity index (χ1n) is 10.8. The van der Waals surface area contributed by atoms with Crippen molar-refractivity contribution in [3.63, 3.8) is 0 Å². The van der Waals surface area contributed by atoms with E-state index >= 15 is 0 Å². The van der Waals surface area contributed by atoms with E-state index in [1.165, 1.54) is 6.07 Å². The molecule has 0 radical (unpaired) electrons. The Labute approximate surface area is 197 Å². The lowest BCUT2D eigenvalue weighted by molar-refractivity contribution is -0.138. The van der Waals surface area contributed by atoms with E-state index in [-0.39, 0.29) is 12.3 Å². The molecule has 0 saturated carbocycles. The van der Waals surface area contributed by atoms with E-state index in [0.29, 0.717) is 22.0 Å². The molecule has 0 saturated heterocycles. The lowest BCUT2D eigenvalue weighted by Crippen LogP contribution is -2.35. The smallest absolute Gasteiger partial charge is 0.303 e. The lowest BCUT2D eigenvalue weighted by atomic mass is 9.98. The van der Waals surface area contributed by atoms with Crippen LogP contribution in [0, 0.1) is 11.7 Å². The van der Waals surface area contributed by atoms with Crippen LogP contribution in [0.3, 0.4) is 0 Å². The number of nitrogens with zero attached hydrogens (tertiary/aromatic N) is 3. The Morgan fingerprint density at radius 3 is 2.73 bits per heavy atom. The Kier molecular flexibility index (Phi) is 6.86. The average Bonchev–Trinajstić information content (AvgIpc) is 2.78. The van der Waals surface area contributed by atoms with E-state index in [4.69, 9.17) is 21.7 Å². The molecule has 0 bridgehead atoms. The van der Waals surface area contributed by atoms with Crippen LogP contribution in [0.4, 0.5) is 4.39 Å². The predicted molar refractivity (Wildman–Crippen MR) is 127 cm³/mol. The number of aromatic nitrogens is 2. The summed E-state index contributed by atoms with van der Waals surface area (Å²) in [6.07, 6.45) is 2.84. The van der Waals surface area contributed by atoms with Gasteiger partial charge in [-0.3, -0.25) is 9.69 Å². The Hall–Kier alpha value is -3.09. The van der Waals surface area contributed by atoms with E-state index in [1.54, 1.807) is 12.1 Å². The van der Waals surface area contributed by atoms with E-state index in [9.17, 15) is 9.18 Å². The molecule has 1 aromatic heterocycles. The fourth-order valence-electron chi connectivity index (χ4n) is 4.18. The topological polar surface area (TPSA) is 66.3 Å². The Bertz CT molecular complexity index is 1200. The molecule has 0 spiro atoms. The maximum absolute atomic E-state index is 14.2. The van der Waals surface area contributed by atoms with Crippen LogP contribution in [0.15, 0.2) is 55.2 Å². The molecule has 1 atom stereocenters. The number of aliphatic carboxylic acids is 1. The number of rotatable bonds is 7. The van der Waals surface area contributed by atoms with Crippen molar-refractivity contribution in [3.05, 3.63) is 88.5 Å². The van der Waals surface area contributed by atoms with Crippen molar-refractivity contribution in [2.45, 2.75) is 26.3 Å². The third-order valence-electron chi connectivity index (χ3n) is 5.85. The van der Waals surface area contributed by atoms with Crippen LogP contribution in [0.5, 0.6) is 0 Å². The summed E-state index contributed by atoms with van der Waals surface area (Å²) in [6.45, 7) is 8.31. The predicted octanol–water partition coefficient (Wildman–Crippen LogP) is 5.47. The maximum atomic E-state index is 14.2. The summed E-state index contributed by atoms with van der Waals surface area (Å²) in [5.41, 5.74) is 4.79. The van der Waals surface area contributed by atoms with Crippen LogP contribution in [-0.2, 0) is 17.8 Å². The molecule has 0 fully saturated rings. The number of fused-ring (bicyclic) bond motifs is 1. The minimum Gasteiger partial charge on any atom is -0.481 e. The molecule has 2 heterocycles. The number of carboxylic acid groups (broad SMARTS) is 1. The lowest BCUT2D eigenvalue weighted by Gasteiger charge is -2.29. The third-order valence-corrected chi connectivity index (χ3v) is 6.09. The Balaban J connectivity index is 1.46. The third kappa shape index (κ3) is 5.46. The summed E-state index contributed by atoms with van der Waals surface area (Å²) in [6, 6.07) is 12.2. The van der Waals surface area contributed by atoms with Crippen LogP contribution in [0.1, 0.15) is 35.7 Å². The quantitative estimate of drug-likeness (QED) is 0.501. The van der Waals surface area contributed by atoms with E-state index in [0.717, 1.165) is 48.4 Å². The van der Waals surface area contributed by atoms with Crippen molar-refractivity contribution in [1.29, 1.82) is 0 Å². The van der Waals surface area contributed by atoms with Crippen LogP contribution >= 0.6 is 11.6 Å². The highest BCUT2D eigenvalue weighted by molar-refractivity contribution is 6.30. The molecule has 5 nitrogen and oxygen atoms in total. The number of carbonyl (C=O) groups is 1. The van der Waals surface area contributed by atoms with Gasteiger partial charge in [0.1, 0.15) is 5.82 Å². The summed E-state index contributed by atoms with van der Waals surface area (Å²) in [5.74, 6) is -0.420. The zero-order chi connectivity index (χ0) is 23.5. The number of hydrogen-bond donors (Lipinski definition) is 1. The van der Waals surface area contributed by atoms with Crippen LogP contribution < -0.4 is 0 Å². The van der Waals surface area contributed by atoms with Crippen molar-refractivity contribution < 1.29 is 14.3 Å². The molecule has 1 aliphatic heterocycles. The molecule has 4 rings (SSSR count). The molecule has 3 aromatic rings.